The van der Waals surface area contributed by atoms with Crippen LogP contribution in [-0.4, -0.2) is 56.7 Å². The van der Waals surface area contributed by atoms with Crippen LogP contribution in [0.2, 0.25) is 5.02 Å². The number of nitrogens with one attached hydrogen (secondary N) is 2. The van der Waals surface area contributed by atoms with Gasteiger partial charge in [-0.1, -0.05) is 78.4 Å². The Hall–Kier alpha value is -4.35. The molecule has 0 radical (unpaired) electrons. The molecule has 0 bridgehead atoms. The van der Waals surface area contributed by atoms with Gasteiger partial charge in [0.1, 0.15) is 0 Å². The molecule has 0 saturated carbocycles. The van der Waals surface area contributed by atoms with Gasteiger partial charge >= 0.3 is 0 Å². The summed E-state index contributed by atoms with van der Waals surface area (Å²) in [4.78, 5) is 28.5. The number of aliphatic hydroxyl groups excluding tert-OH is 1. The molecule has 2 aliphatic heterocycles. The molecule has 2 aliphatic rings. The van der Waals surface area contributed by atoms with Crippen LogP contribution >= 0.6 is 11.6 Å². The molecule has 1 saturated heterocycles. The summed E-state index contributed by atoms with van der Waals surface area (Å²) in [5.74, 6) is -1.34. The molecule has 4 aromatic rings. The van der Waals surface area contributed by atoms with E-state index in [1.165, 1.54) is 0 Å². The minimum absolute atomic E-state index is 0.0163. The maximum Gasteiger partial charge on any atom is 0.264 e. The Morgan fingerprint density at radius 1 is 1.17 bits per heavy atom. The zero-order chi connectivity index (χ0) is 33.7. The summed E-state index contributed by atoms with van der Waals surface area (Å²) >= 11 is 6.38. The predicted molar refractivity (Wildman–Crippen MR) is 186 cm³/mol. The number of carbonyl (C=O) groups excluding carboxylic acids is 2. The maximum absolute atomic E-state index is 14.1. The smallest absolute Gasteiger partial charge is 0.264 e. The Morgan fingerprint density at radius 2 is 2.00 bits per heavy atom. The van der Waals surface area contributed by atoms with E-state index in [4.69, 9.17) is 11.6 Å². The second-order valence-electron chi connectivity index (χ2n) is 12.6. The summed E-state index contributed by atoms with van der Waals surface area (Å²) in [6.07, 6.45) is 8.03. The Morgan fingerprint density at radius 3 is 2.77 bits per heavy atom. The molecule has 0 spiro atoms. The van der Waals surface area contributed by atoms with Crippen LogP contribution in [0.1, 0.15) is 54.5 Å². The average molecular weight is 669 g/mol. The van der Waals surface area contributed by atoms with Gasteiger partial charge in [-0.2, -0.15) is 0 Å². The average Bonchev–Trinajstić information content (AvgIpc) is 3.65. The molecule has 6 rings (SSSR count). The van der Waals surface area contributed by atoms with Gasteiger partial charge in [-0.05, 0) is 67.3 Å². The maximum atomic E-state index is 14.1. The number of aryl methyl sites for hydroxylation is 1. The van der Waals surface area contributed by atoms with E-state index in [0.717, 1.165) is 30.5 Å². The summed E-state index contributed by atoms with van der Waals surface area (Å²) in [5, 5.41) is 37.3. The lowest BCUT2D eigenvalue weighted by molar-refractivity contribution is -0.139. The molecule has 1 aromatic heterocycles. The van der Waals surface area contributed by atoms with Gasteiger partial charge in [0.15, 0.2) is 5.60 Å². The van der Waals surface area contributed by atoms with Crippen LogP contribution in [-0.2, 0) is 28.3 Å². The molecular weight excluding hydrogens is 628 g/mol. The molecule has 1 fully saturated rings. The number of hydrogen-bond donors (Lipinski definition) is 4. The van der Waals surface area contributed by atoms with Gasteiger partial charge in [0.2, 0.25) is 5.91 Å². The number of halogens is 1. The van der Waals surface area contributed by atoms with Crippen molar-refractivity contribution in [2.45, 2.75) is 50.8 Å². The van der Waals surface area contributed by atoms with Crippen LogP contribution < -0.4 is 15.5 Å². The molecule has 3 aromatic carbocycles. The normalized spacial score (nSPS) is 20.5. The number of rotatable bonds is 12. The van der Waals surface area contributed by atoms with Crippen LogP contribution in [0.15, 0.2) is 91.1 Å². The molecule has 10 nitrogen and oxygen atoms in total. The van der Waals surface area contributed by atoms with Crippen LogP contribution in [0.5, 0.6) is 0 Å². The Bertz CT molecular complexity index is 1770. The first-order valence-electron chi connectivity index (χ1n) is 16.4. The lowest BCUT2D eigenvalue weighted by Crippen LogP contribution is -2.44. The number of anilines is 2. The number of nitrogens with zero attached hydrogens (tertiary/aromatic N) is 4. The lowest BCUT2D eigenvalue weighted by Gasteiger charge is -2.28. The predicted octanol–water partition coefficient (Wildman–Crippen LogP) is 5.01. The van der Waals surface area contributed by atoms with E-state index in [0.29, 0.717) is 47.2 Å². The van der Waals surface area contributed by atoms with Gasteiger partial charge in [-0.3, -0.25) is 14.3 Å². The second kappa shape index (κ2) is 14.8. The molecule has 2 unspecified atom stereocenters. The molecule has 3 heterocycles. The Kier molecular flexibility index (Phi) is 10.4. The van der Waals surface area contributed by atoms with E-state index in [2.05, 4.69) is 20.9 Å². The third kappa shape index (κ3) is 7.07. The second-order valence-corrected chi connectivity index (χ2v) is 13.0. The number of allylic oxidation sites excluding steroid dienone is 1. The number of hydrogen-bond acceptors (Lipinski definition) is 7. The number of amides is 2. The van der Waals surface area contributed by atoms with Crippen molar-refractivity contribution in [3.63, 3.8) is 0 Å². The fourth-order valence-electron chi connectivity index (χ4n) is 6.61. The number of piperidine rings is 1. The Labute approximate surface area is 285 Å². The number of aromatic nitrogens is 3. The van der Waals surface area contributed by atoms with E-state index in [1.807, 2.05) is 79.9 Å². The third-order valence-electron chi connectivity index (χ3n) is 9.34. The van der Waals surface area contributed by atoms with E-state index in [9.17, 15) is 19.8 Å². The number of benzene rings is 3. The van der Waals surface area contributed by atoms with Gasteiger partial charge in [-0.15, -0.1) is 5.10 Å². The van der Waals surface area contributed by atoms with Crippen LogP contribution in [0.25, 0.3) is 0 Å². The van der Waals surface area contributed by atoms with Crippen molar-refractivity contribution in [3.05, 3.63) is 119 Å². The zero-order valence-corrected chi connectivity index (χ0v) is 27.7. The van der Waals surface area contributed by atoms with Gasteiger partial charge in [0, 0.05) is 41.5 Å². The first-order chi connectivity index (χ1) is 23.3. The van der Waals surface area contributed by atoms with E-state index in [1.54, 1.807) is 27.8 Å². The highest BCUT2D eigenvalue weighted by molar-refractivity contribution is 6.31. The third-order valence-corrected chi connectivity index (χ3v) is 9.58. The van der Waals surface area contributed by atoms with Crippen molar-refractivity contribution in [1.82, 2.24) is 20.3 Å². The first-order valence-corrected chi connectivity index (χ1v) is 16.8. The van der Waals surface area contributed by atoms with Crippen molar-refractivity contribution in [2.75, 3.05) is 29.9 Å². The molecule has 250 valence electrons. The molecule has 4 N–H and O–H groups in total. The number of carbonyl (C=O) groups is 2. The van der Waals surface area contributed by atoms with Crippen molar-refractivity contribution < 1.29 is 19.8 Å². The van der Waals surface area contributed by atoms with Gasteiger partial charge in [0.05, 0.1) is 36.4 Å². The fraction of sp³-hybridized carbons (Fsp3) is 0.351. The van der Waals surface area contributed by atoms with Crippen molar-refractivity contribution >= 4 is 34.8 Å². The minimum Gasteiger partial charge on any atom is -0.395 e. The first kappa shape index (κ1) is 33.5. The van der Waals surface area contributed by atoms with E-state index < -0.39 is 17.4 Å². The molecule has 4 atom stereocenters. The van der Waals surface area contributed by atoms with Crippen LogP contribution in [0, 0.1) is 11.8 Å². The van der Waals surface area contributed by atoms with Crippen LogP contribution in [0.4, 0.5) is 11.4 Å². The molecule has 2 amide bonds. The van der Waals surface area contributed by atoms with Gasteiger partial charge in [-0.25, -0.2) is 0 Å². The summed E-state index contributed by atoms with van der Waals surface area (Å²) < 4.78 is 1.73. The molecule has 0 aliphatic carbocycles. The Balaban J connectivity index is 1.13. The minimum atomic E-state index is -1.82. The topological polar surface area (TPSA) is 133 Å². The van der Waals surface area contributed by atoms with Crippen LogP contribution in [0.3, 0.4) is 0 Å². The summed E-state index contributed by atoms with van der Waals surface area (Å²) in [6, 6.07) is 22.3. The quantitative estimate of drug-likeness (QED) is 0.156. The standard InChI is InChI=1S/C37H41ClN6O4/c1-25(9-5-6-18-43-23-33(41-42-43)31(24-45)27-11-3-2-4-12-27)37(48)32-20-29(38)15-16-34(32)44(36(37)47)22-26-10-7-14-30(19-26)40-35(46)28-13-8-17-39-21-28/h2-5,7,9-12,14-16,19-20,23,25,28,31,39,45,48H,6,8,13,17-18,21-22,24H2,1H3,(H,40,46)/b9-5+/t25-,28?,31?,37+/m1/s1. The highest BCUT2D eigenvalue weighted by atomic mass is 35.5. The fourth-order valence-corrected chi connectivity index (χ4v) is 6.78. The van der Waals surface area contributed by atoms with Crippen molar-refractivity contribution in [2.24, 2.45) is 11.8 Å². The highest BCUT2D eigenvalue weighted by Gasteiger charge is 2.52. The SMILES string of the molecule is C[C@H](/C=C/CCn1cc(C(CO)c2ccccc2)nn1)[C@@]1(O)C(=O)N(Cc2cccc(NC(=O)C3CCCNC3)c2)c2ccc(Cl)cc21. The van der Waals surface area contributed by atoms with Gasteiger partial charge in [0.25, 0.3) is 5.91 Å². The number of fused-ring (bicyclic) bond motifs is 1. The zero-order valence-electron chi connectivity index (χ0n) is 26.9. The lowest BCUT2D eigenvalue weighted by atomic mass is 9.83. The molecule has 11 heteroatoms. The van der Waals surface area contributed by atoms with Crippen molar-refractivity contribution in [3.8, 4) is 0 Å². The summed E-state index contributed by atoms with van der Waals surface area (Å²) in [6.45, 7) is 4.09. The number of aliphatic hydroxyl groups is 2. The highest BCUT2D eigenvalue weighted by Crippen LogP contribution is 2.46. The van der Waals surface area contributed by atoms with E-state index in [-0.39, 0.29) is 30.9 Å². The summed E-state index contributed by atoms with van der Waals surface area (Å²) in [5.41, 5.74) is 2.39. The molecular formula is C37H41ClN6O4. The largest absolute Gasteiger partial charge is 0.395 e. The molecule has 48 heavy (non-hydrogen) atoms. The van der Waals surface area contributed by atoms with Gasteiger partial charge < -0.3 is 25.7 Å². The van der Waals surface area contributed by atoms with Crippen molar-refractivity contribution in [1.29, 1.82) is 0 Å². The monoisotopic (exact) mass is 668 g/mol. The van der Waals surface area contributed by atoms with E-state index >= 15 is 0 Å². The summed E-state index contributed by atoms with van der Waals surface area (Å²) in [7, 11) is 0.